The molecule has 0 fully saturated rings. The molecule has 8 rings (SSSR count). The molecule has 1 nitrogen and oxygen atoms in total. The molecule has 0 saturated carbocycles. The Balaban J connectivity index is 1.38. The number of hydrogen-bond donors (Lipinski definition) is 0. The van der Waals surface area contributed by atoms with Gasteiger partial charge in [0.1, 0.15) is 0 Å². The van der Waals surface area contributed by atoms with Crippen LogP contribution in [-0.2, 0) is 0 Å². The maximum atomic E-state index is 2.41. The zero-order valence-corrected chi connectivity index (χ0v) is 22.6. The van der Waals surface area contributed by atoms with Crippen molar-refractivity contribution in [2.45, 2.75) is 0 Å². The molecule has 8 aromatic rings. The molecule has 1 aromatic heterocycles. The van der Waals surface area contributed by atoms with E-state index in [0.29, 0.717) is 0 Å². The van der Waals surface area contributed by atoms with E-state index in [1.807, 2.05) is 11.3 Å². The Bertz CT molecular complexity index is 2170. The fraction of sp³-hybridized carbons (Fsp3) is 0. The monoisotopic (exact) mass is 527 g/mol. The summed E-state index contributed by atoms with van der Waals surface area (Å²) in [7, 11) is 0. The number of nitrogens with zero attached hydrogens (tertiary/aromatic N) is 1. The van der Waals surface area contributed by atoms with Crippen molar-refractivity contribution >= 4 is 70.1 Å². The summed E-state index contributed by atoms with van der Waals surface area (Å²) in [6, 6.07) is 54.9. The number of benzene rings is 7. The van der Waals surface area contributed by atoms with Gasteiger partial charge in [-0.15, -0.1) is 11.3 Å². The first-order valence-corrected chi connectivity index (χ1v) is 14.4. The Hall–Kier alpha value is -4.92. The van der Waals surface area contributed by atoms with Crippen molar-refractivity contribution in [1.29, 1.82) is 0 Å². The maximum Gasteiger partial charge on any atom is 0.0540 e. The summed E-state index contributed by atoms with van der Waals surface area (Å²) in [4.78, 5) is 2.41. The Labute approximate surface area is 237 Å². The molecular weight excluding hydrogens is 502 g/mol. The molecule has 2 heteroatoms. The second kappa shape index (κ2) is 9.37. The largest absolute Gasteiger partial charge is 0.310 e. The van der Waals surface area contributed by atoms with Crippen LogP contribution in [0.5, 0.6) is 0 Å². The van der Waals surface area contributed by atoms with E-state index < -0.39 is 0 Å². The van der Waals surface area contributed by atoms with Gasteiger partial charge in [0.15, 0.2) is 0 Å². The summed E-state index contributed by atoms with van der Waals surface area (Å²) in [6.07, 6.45) is 0. The highest BCUT2D eigenvalue weighted by Gasteiger charge is 2.19. The third-order valence-electron chi connectivity index (χ3n) is 7.83. The molecule has 40 heavy (non-hydrogen) atoms. The lowest BCUT2D eigenvalue weighted by Gasteiger charge is -2.28. The van der Waals surface area contributed by atoms with Crippen molar-refractivity contribution in [3.8, 4) is 11.1 Å². The van der Waals surface area contributed by atoms with E-state index in [-0.39, 0.29) is 0 Å². The minimum Gasteiger partial charge on any atom is -0.310 e. The third-order valence-corrected chi connectivity index (χ3v) is 9.03. The molecule has 0 unspecified atom stereocenters. The van der Waals surface area contributed by atoms with Gasteiger partial charge in [0.05, 0.1) is 5.69 Å². The fourth-order valence-corrected chi connectivity index (χ4v) is 7.18. The van der Waals surface area contributed by atoms with Crippen molar-refractivity contribution < 1.29 is 0 Å². The van der Waals surface area contributed by atoms with Crippen LogP contribution in [0.1, 0.15) is 0 Å². The summed E-state index contributed by atoms with van der Waals surface area (Å²) >= 11 is 1.89. The Morgan fingerprint density at radius 1 is 0.425 bits per heavy atom. The first-order valence-electron chi connectivity index (χ1n) is 13.6. The van der Waals surface area contributed by atoms with Crippen LogP contribution in [0.25, 0.3) is 52.8 Å². The van der Waals surface area contributed by atoms with E-state index in [0.717, 1.165) is 17.1 Å². The van der Waals surface area contributed by atoms with Gasteiger partial charge in [-0.2, -0.15) is 0 Å². The third kappa shape index (κ3) is 3.77. The van der Waals surface area contributed by atoms with Gasteiger partial charge in [-0.1, -0.05) is 121 Å². The summed E-state index contributed by atoms with van der Waals surface area (Å²) in [5.74, 6) is 0. The first-order chi connectivity index (χ1) is 19.8. The number of thiophene rings is 1. The Morgan fingerprint density at radius 2 is 1.07 bits per heavy atom. The van der Waals surface area contributed by atoms with Crippen molar-refractivity contribution in [2.75, 3.05) is 4.90 Å². The fourth-order valence-electron chi connectivity index (χ4n) is 5.91. The Kier molecular flexibility index (Phi) is 5.39. The summed E-state index contributed by atoms with van der Waals surface area (Å²) < 4.78 is 2.65. The lowest BCUT2D eigenvalue weighted by Crippen LogP contribution is -2.11. The van der Waals surface area contributed by atoms with Gasteiger partial charge in [-0.05, 0) is 57.4 Å². The molecule has 1 heterocycles. The van der Waals surface area contributed by atoms with Crippen LogP contribution in [0.2, 0.25) is 0 Å². The number of rotatable bonds is 4. The Morgan fingerprint density at radius 3 is 1.98 bits per heavy atom. The van der Waals surface area contributed by atoms with E-state index >= 15 is 0 Å². The van der Waals surface area contributed by atoms with Gasteiger partial charge in [-0.25, -0.2) is 0 Å². The van der Waals surface area contributed by atoms with Crippen LogP contribution >= 0.6 is 11.3 Å². The molecule has 0 aliphatic carbocycles. The molecule has 0 amide bonds. The maximum absolute atomic E-state index is 2.41. The predicted octanol–water partition coefficient (Wildman–Crippen LogP) is 11.5. The molecule has 188 valence electrons. The average Bonchev–Trinajstić information content (AvgIpc) is 3.40. The lowest BCUT2D eigenvalue weighted by atomic mass is 10.0. The van der Waals surface area contributed by atoms with Gasteiger partial charge >= 0.3 is 0 Å². The van der Waals surface area contributed by atoms with Crippen LogP contribution < -0.4 is 4.90 Å². The summed E-state index contributed by atoms with van der Waals surface area (Å²) in [5, 5.41) is 7.72. The van der Waals surface area contributed by atoms with Gasteiger partial charge < -0.3 is 4.90 Å². The molecular formula is C38H25NS. The zero-order valence-electron chi connectivity index (χ0n) is 21.8. The minimum absolute atomic E-state index is 1.15. The molecule has 0 atom stereocenters. The van der Waals surface area contributed by atoms with Crippen LogP contribution in [0.4, 0.5) is 17.1 Å². The first kappa shape index (κ1) is 23.0. The second-order valence-corrected chi connectivity index (χ2v) is 11.2. The second-order valence-electron chi connectivity index (χ2n) is 10.2. The van der Waals surface area contributed by atoms with Gasteiger partial charge in [-0.3, -0.25) is 0 Å². The van der Waals surface area contributed by atoms with Gasteiger partial charge in [0.2, 0.25) is 0 Å². The van der Waals surface area contributed by atoms with Crippen LogP contribution in [-0.4, -0.2) is 0 Å². The highest BCUT2D eigenvalue weighted by atomic mass is 32.1. The molecule has 0 bridgehead atoms. The molecule has 0 saturated heterocycles. The quantitative estimate of drug-likeness (QED) is 0.220. The summed E-state index contributed by atoms with van der Waals surface area (Å²) in [5.41, 5.74) is 5.88. The van der Waals surface area contributed by atoms with E-state index in [1.54, 1.807) is 0 Å². The average molecular weight is 528 g/mol. The zero-order chi connectivity index (χ0) is 26.5. The van der Waals surface area contributed by atoms with E-state index in [9.17, 15) is 0 Å². The molecule has 0 spiro atoms. The molecule has 0 aliphatic rings. The normalized spacial score (nSPS) is 11.5. The SMILES string of the molecule is c1ccc(-c2ccccc2N(c2ccc3ccccc3c2)c2ccc3c(c2)sc2c4ccccc4ccc32)cc1. The standard InChI is InChI=1S/C38H25NS/c1-2-11-27(12-3-1)32-15-8-9-17-36(32)39(30-20-18-26-10-4-5-14-29(26)24-30)31-21-23-34-35-22-19-28-13-6-7-16-33(28)38(35)40-37(34)25-31/h1-25H. The van der Waals surface area contributed by atoms with Crippen molar-refractivity contribution in [3.63, 3.8) is 0 Å². The van der Waals surface area contributed by atoms with Gasteiger partial charge in [0, 0.05) is 37.1 Å². The van der Waals surface area contributed by atoms with E-state index in [2.05, 4.69) is 157 Å². The van der Waals surface area contributed by atoms with Gasteiger partial charge in [0.25, 0.3) is 0 Å². The minimum atomic E-state index is 1.15. The van der Waals surface area contributed by atoms with Crippen LogP contribution in [0.15, 0.2) is 152 Å². The molecule has 0 aliphatic heterocycles. The topological polar surface area (TPSA) is 3.24 Å². The number of anilines is 3. The predicted molar refractivity (Wildman–Crippen MR) is 174 cm³/mol. The molecule has 7 aromatic carbocycles. The van der Waals surface area contributed by atoms with E-state index in [4.69, 9.17) is 0 Å². The highest BCUT2D eigenvalue weighted by Crippen LogP contribution is 2.45. The number of hydrogen-bond acceptors (Lipinski definition) is 2. The van der Waals surface area contributed by atoms with Crippen molar-refractivity contribution in [3.05, 3.63) is 152 Å². The molecule has 0 radical (unpaired) electrons. The highest BCUT2D eigenvalue weighted by molar-refractivity contribution is 7.26. The summed E-state index contributed by atoms with van der Waals surface area (Å²) in [6.45, 7) is 0. The van der Waals surface area contributed by atoms with E-state index in [1.165, 1.54) is 52.8 Å². The van der Waals surface area contributed by atoms with Crippen molar-refractivity contribution in [2.24, 2.45) is 0 Å². The van der Waals surface area contributed by atoms with Crippen LogP contribution in [0, 0.1) is 0 Å². The number of fused-ring (bicyclic) bond motifs is 6. The van der Waals surface area contributed by atoms with Crippen molar-refractivity contribution in [1.82, 2.24) is 0 Å². The number of para-hydroxylation sites is 1. The van der Waals surface area contributed by atoms with Crippen LogP contribution in [0.3, 0.4) is 0 Å². The lowest BCUT2D eigenvalue weighted by molar-refractivity contribution is 1.30. The molecule has 0 N–H and O–H groups in total. The smallest absolute Gasteiger partial charge is 0.0540 e.